The molecule has 1 fully saturated rings. The minimum atomic E-state index is -0.0570. The molecule has 7 heteroatoms. The number of piperidine rings is 1. The fraction of sp³-hybridized carbons (Fsp3) is 0.346. The molecule has 1 amide bonds. The van der Waals surface area contributed by atoms with Crippen LogP contribution in [-0.4, -0.2) is 35.6 Å². The van der Waals surface area contributed by atoms with Crippen LogP contribution in [0, 0.1) is 12.8 Å². The van der Waals surface area contributed by atoms with Crippen molar-refractivity contribution in [1.29, 1.82) is 0 Å². The van der Waals surface area contributed by atoms with Crippen molar-refractivity contribution >= 4 is 23.4 Å². The number of aryl methyl sites for hydroxylation is 1. The van der Waals surface area contributed by atoms with Gasteiger partial charge in [0.2, 0.25) is 11.9 Å². The molecule has 3 aromatic rings. The molecule has 33 heavy (non-hydrogen) atoms. The summed E-state index contributed by atoms with van der Waals surface area (Å²) in [7, 11) is 0. The molecule has 0 radical (unpaired) electrons. The molecular formula is C26H31N5O2. The van der Waals surface area contributed by atoms with Crippen LogP contribution in [0.25, 0.3) is 0 Å². The third-order valence-electron chi connectivity index (χ3n) is 5.75. The summed E-state index contributed by atoms with van der Waals surface area (Å²) in [5.74, 6) is 2.18. The van der Waals surface area contributed by atoms with Crippen molar-refractivity contribution in [3.8, 4) is 5.75 Å². The molecule has 1 aliphatic rings. The van der Waals surface area contributed by atoms with E-state index in [-0.39, 0.29) is 11.8 Å². The maximum Gasteiger partial charge on any atom is 0.229 e. The lowest BCUT2D eigenvalue weighted by Gasteiger charge is -2.33. The fourth-order valence-electron chi connectivity index (χ4n) is 3.98. The highest BCUT2D eigenvalue weighted by Gasteiger charge is 2.26. The van der Waals surface area contributed by atoms with Crippen molar-refractivity contribution in [3.05, 3.63) is 71.9 Å². The average Bonchev–Trinajstić information content (AvgIpc) is 2.84. The summed E-state index contributed by atoms with van der Waals surface area (Å²) in [6, 6.07) is 17.9. The summed E-state index contributed by atoms with van der Waals surface area (Å²) in [6.45, 7) is 6.71. The molecule has 1 aliphatic heterocycles. The van der Waals surface area contributed by atoms with Crippen LogP contribution in [0.1, 0.15) is 30.9 Å². The maximum absolute atomic E-state index is 12.8. The van der Waals surface area contributed by atoms with E-state index in [1.54, 1.807) is 6.20 Å². The average molecular weight is 446 g/mol. The molecule has 0 spiro atoms. The van der Waals surface area contributed by atoms with Crippen molar-refractivity contribution in [3.63, 3.8) is 0 Å². The zero-order valence-electron chi connectivity index (χ0n) is 19.3. The SMILES string of the molecule is CCOc1cccc(Nc2nccc(N3CCCC(C(=O)NCc4ccc(C)cc4)C3)n2)c1. The number of aromatic nitrogens is 2. The van der Waals surface area contributed by atoms with E-state index in [1.165, 1.54) is 5.56 Å². The first-order valence-corrected chi connectivity index (χ1v) is 11.5. The Balaban J connectivity index is 1.37. The molecule has 172 valence electrons. The predicted octanol–water partition coefficient (Wildman–Crippen LogP) is 4.46. The number of hydrogen-bond acceptors (Lipinski definition) is 6. The van der Waals surface area contributed by atoms with Crippen LogP contribution in [0.4, 0.5) is 17.5 Å². The molecule has 4 rings (SSSR count). The number of benzene rings is 2. The van der Waals surface area contributed by atoms with Gasteiger partial charge in [0.05, 0.1) is 12.5 Å². The van der Waals surface area contributed by atoms with Gasteiger partial charge < -0.3 is 20.3 Å². The van der Waals surface area contributed by atoms with Crippen LogP contribution < -0.4 is 20.3 Å². The van der Waals surface area contributed by atoms with Crippen molar-refractivity contribution < 1.29 is 9.53 Å². The van der Waals surface area contributed by atoms with Crippen LogP contribution in [0.15, 0.2) is 60.8 Å². The Kier molecular flexibility index (Phi) is 7.40. The van der Waals surface area contributed by atoms with Gasteiger partial charge in [-0.2, -0.15) is 4.98 Å². The molecule has 0 saturated carbocycles. The van der Waals surface area contributed by atoms with Crippen LogP contribution in [0.2, 0.25) is 0 Å². The summed E-state index contributed by atoms with van der Waals surface area (Å²) in [6.07, 6.45) is 3.58. The first-order valence-electron chi connectivity index (χ1n) is 11.5. The van der Waals surface area contributed by atoms with E-state index in [9.17, 15) is 4.79 Å². The normalized spacial score (nSPS) is 15.7. The van der Waals surface area contributed by atoms with Crippen LogP contribution in [0.3, 0.4) is 0 Å². The first kappa shape index (κ1) is 22.6. The molecule has 1 saturated heterocycles. The predicted molar refractivity (Wildman–Crippen MR) is 131 cm³/mol. The quantitative estimate of drug-likeness (QED) is 0.533. The number of amides is 1. The van der Waals surface area contributed by atoms with E-state index in [0.717, 1.165) is 42.2 Å². The fourth-order valence-corrected chi connectivity index (χ4v) is 3.98. The monoisotopic (exact) mass is 445 g/mol. The highest BCUT2D eigenvalue weighted by molar-refractivity contribution is 5.79. The second-order valence-electron chi connectivity index (χ2n) is 8.31. The van der Waals surface area contributed by atoms with Gasteiger partial charge in [-0.25, -0.2) is 4.98 Å². The first-order chi connectivity index (χ1) is 16.1. The molecule has 1 atom stereocenters. The van der Waals surface area contributed by atoms with Gasteiger partial charge in [-0.15, -0.1) is 0 Å². The molecule has 1 aromatic heterocycles. The smallest absolute Gasteiger partial charge is 0.229 e. The van der Waals surface area contributed by atoms with Gasteiger partial charge in [-0.3, -0.25) is 4.79 Å². The van der Waals surface area contributed by atoms with Crippen molar-refractivity contribution in [2.75, 3.05) is 29.9 Å². The highest BCUT2D eigenvalue weighted by Crippen LogP contribution is 2.24. The number of rotatable bonds is 8. The summed E-state index contributed by atoms with van der Waals surface area (Å²) < 4.78 is 5.56. The van der Waals surface area contributed by atoms with Crippen LogP contribution >= 0.6 is 0 Å². The number of nitrogens with zero attached hydrogens (tertiary/aromatic N) is 3. The Morgan fingerprint density at radius 1 is 1.18 bits per heavy atom. The molecular weight excluding hydrogens is 414 g/mol. The van der Waals surface area contributed by atoms with Gasteiger partial charge in [-0.1, -0.05) is 35.9 Å². The zero-order chi connectivity index (χ0) is 23.0. The number of anilines is 3. The van der Waals surface area contributed by atoms with Gasteiger partial charge in [0.15, 0.2) is 0 Å². The molecule has 1 unspecified atom stereocenters. The lowest BCUT2D eigenvalue weighted by molar-refractivity contribution is -0.125. The third-order valence-corrected chi connectivity index (χ3v) is 5.75. The van der Waals surface area contributed by atoms with E-state index < -0.39 is 0 Å². The van der Waals surface area contributed by atoms with E-state index >= 15 is 0 Å². The molecule has 0 aliphatic carbocycles. The summed E-state index contributed by atoms with van der Waals surface area (Å²) >= 11 is 0. The Morgan fingerprint density at radius 3 is 2.85 bits per heavy atom. The van der Waals surface area contributed by atoms with Gasteiger partial charge >= 0.3 is 0 Å². The minimum absolute atomic E-state index is 0.0570. The molecule has 2 heterocycles. The van der Waals surface area contributed by atoms with E-state index in [2.05, 4.69) is 51.7 Å². The lowest BCUT2D eigenvalue weighted by atomic mass is 9.97. The topological polar surface area (TPSA) is 79.4 Å². The van der Waals surface area contributed by atoms with E-state index in [4.69, 9.17) is 9.72 Å². The Bertz CT molecular complexity index is 1070. The third kappa shape index (κ3) is 6.22. The van der Waals surface area contributed by atoms with E-state index in [0.29, 0.717) is 25.6 Å². The number of hydrogen-bond donors (Lipinski definition) is 2. The second kappa shape index (κ2) is 10.8. The number of ether oxygens (including phenoxy) is 1. The van der Waals surface area contributed by atoms with Crippen LogP contribution in [-0.2, 0) is 11.3 Å². The molecule has 0 bridgehead atoms. The Morgan fingerprint density at radius 2 is 2.03 bits per heavy atom. The number of carbonyl (C=O) groups is 1. The largest absolute Gasteiger partial charge is 0.494 e. The van der Waals surface area contributed by atoms with Crippen molar-refractivity contribution in [2.45, 2.75) is 33.2 Å². The second-order valence-corrected chi connectivity index (χ2v) is 8.31. The van der Waals surface area contributed by atoms with Crippen molar-refractivity contribution in [2.24, 2.45) is 5.92 Å². The minimum Gasteiger partial charge on any atom is -0.494 e. The van der Waals surface area contributed by atoms with Crippen molar-refractivity contribution in [1.82, 2.24) is 15.3 Å². The molecule has 2 N–H and O–H groups in total. The Labute approximate surface area is 195 Å². The lowest BCUT2D eigenvalue weighted by Crippen LogP contribution is -2.43. The van der Waals surface area contributed by atoms with Gasteiger partial charge in [0.25, 0.3) is 0 Å². The summed E-state index contributed by atoms with van der Waals surface area (Å²) in [4.78, 5) is 24.0. The molecule has 2 aromatic carbocycles. The van der Waals surface area contributed by atoms with Gasteiger partial charge in [0.1, 0.15) is 11.6 Å². The Hall–Kier alpha value is -3.61. The van der Waals surface area contributed by atoms with Crippen LogP contribution in [0.5, 0.6) is 5.75 Å². The summed E-state index contributed by atoms with van der Waals surface area (Å²) in [5, 5.41) is 6.35. The zero-order valence-corrected chi connectivity index (χ0v) is 19.3. The number of nitrogens with one attached hydrogen (secondary N) is 2. The summed E-state index contributed by atoms with van der Waals surface area (Å²) in [5.41, 5.74) is 3.19. The maximum atomic E-state index is 12.8. The number of carbonyl (C=O) groups excluding carboxylic acids is 1. The highest BCUT2D eigenvalue weighted by atomic mass is 16.5. The standard InChI is InChI=1S/C26H31N5O2/c1-3-33-23-8-4-7-22(16-23)29-26-27-14-13-24(30-26)31-15-5-6-21(18-31)25(32)28-17-20-11-9-19(2)10-12-20/h4,7-14,16,21H,3,5-6,15,17-18H2,1-2H3,(H,28,32)(H,27,29,30). The van der Waals surface area contributed by atoms with E-state index in [1.807, 2.05) is 37.3 Å². The van der Waals surface area contributed by atoms with Gasteiger partial charge in [0, 0.05) is 37.6 Å². The van der Waals surface area contributed by atoms with Gasteiger partial charge in [-0.05, 0) is 50.5 Å². The molecule has 7 nitrogen and oxygen atoms in total.